The van der Waals surface area contributed by atoms with Crippen LogP contribution in [0.2, 0.25) is 12.1 Å². The van der Waals surface area contributed by atoms with Crippen LogP contribution in [0.3, 0.4) is 0 Å². The maximum Gasteiger partial charge on any atom is 0.185 e. The summed E-state index contributed by atoms with van der Waals surface area (Å²) in [4.78, 5) is 0. The van der Waals surface area contributed by atoms with Crippen LogP contribution in [0.25, 0.3) is 0 Å². The molecule has 0 spiro atoms. The van der Waals surface area contributed by atoms with Crippen LogP contribution in [0.1, 0.15) is 18.1 Å². The molecule has 18 heavy (non-hydrogen) atoms. The molecule has 0 heterocycles. The van der Waals surface area contributed by atoms with E-state index in [0.717, 1.165) is 17.7 Å². The lowest BCUT2D eigenvalue weighted by atomic mass is 10.1. The fraction of sp³-hybridized carbons (Fsp3) is 0.250. The van der Waals surface area contributed by atoms with E-state index < -0.39 is 9.04 Å². The van der Waals surface area contributed by atoms with Gasteiger partial charge >= 0.3 is 0 Å². The Hall–Kier alpha value is -1.56. The van der Waals surface area contributed by atoms with E-state index in [1.165, 1.54) is 0 Å². The Kier molecular flexibility index (Phi) is 6.86. The fourth-order valence-electron chi connectivity index (χ4n) is 1.83. The summed E-state index contributed by atoms with van der Waals surface area (Å²) in [6.07, 6.45) is 9.91. The number of hydrogen-bond donors (Lipinski definition) is 0. The highest BCUT2D eigenvalue weighted by molar-refractivity contribution is 6.53. The standard InChI is InChI=1S/C16H20OSi/c1-4-10-16(15-11-8-7-9-12-15)17-18(13-5-2)14-6-3/h1,5-9,11-12,16,18H,2-3,10,13-14H2. The van der Waals surface area contributed by atoms with Gasteiger partial charge in [0.1, 0.15) is 0 Å². The molecule has 94 valence electrons. The predicted octanol–water partition coefficient (Wildman–Crippen LogP) is 3.86. The van der Waals surface area contributed by atoms with Crippen molar-refractivity contribution in [2.45, 2.75) is 24.6 Å². The topological polar surface area (TPSA) is 9.23 Å². The summed E-state index contributed by atoms with van der Waals surface area (Å²) < 4.78 is 6.21. The lowest BCUT2D eigenvalue weighted by molar-refractivity contribution is 0.212. The van der Waals surface area contributed by atoms with Gasteiger partial charge in [-0.1, -0.05) is 42.5 Å². The molecule has 0 saturated heterocycles. The Morgan fingerprint density at radius 2 is 1.83 bits per heavy atom. The molecule has 0 aliphatic rings. The van der Waals surface area contributed by atoms with Gasteiger partial charge < -0.3 is 4.43 Å². The van der Waals surface area contributed by atoms with Crippen LogP contribution in [-0.4, -0.2) is 9.04 Å². The molecule has 0 fully saturated rings. The first-order valence-electron chi connectivity index (χ1n) is 6.17. The fourth-order valence-corrected chi connectivity index (χ4v) is 3.71. The van der Waals surface area contributed by atoms with Gasteiger partial charge in [-0.05, 0) is 17.7 Å². The maximum absolute atomic E-state index is 6.21. The van der Waals surface area contributed by atoms with Crippen molar-refractivity contribution >= 4 is 9.04 Å². The van der Waals surface area contributed by atoms with Gasteiger partial charge in [0.2, 0.25) is 0 Å². The van der Waals surface area contributed by atoms with Gasteiger partial charge in [0.05, 0.1) is 6.10 Å². The third kappa shape index (κ3) is 4.75. The van der Waals surface area contributed by atoms with Crippen molar-refractivity contribution in [2.75, 3.05) is 0 Å². The Balaban J connectivity index is 2.75. The third-order valence-electron chi connectivity index (χ3n) is 2.69. The van der Waals surface area contributed by atoms with Gasteiger partial charge in [-0.15, -0.1) is 25.5 Å². The van der Waals surface area contributed by atoms with Crippen molar-refractivity contribution in [3.63, 3.8) is 0 Å². The van der Waals surface area contributed by atoms with Crippen molar-refractivity contribution < 1.29 is 4.43 Å². The molecule has 1 unspecified atom stereocenters. The zero-order valence-corrected chi connectivity index (χ0v) is 11.9. The molecule has 0 bridgehead atoms. The van der Waals surface area contributed by atoms with Crippen molar-refractivity contribution in [1.29, 1.82) is 0 Å². The molecule has 1 rings (SSSR count). The van der Waals surface area contributed by atoms with Crippen molar-refractivity contribution in [3.05, 3.63) is 61.2 Å². The van der Waals surface area contributed by atoms with Crippen LogP contribution < -0.4 is 0 Å². The first-order chi connectivity index (χ1) is 8.81. The molecule has 2 heteroatoms. The van der Waals surface area contributed by atoms with Gasteiger partial charge in [0, 0.05) is 6.42 Å². The lowest BCUT2D eigenvalue weighted by Crippen LogP contribution is -2.19. The van der Waals surface area contributed by atoms with E-state index in [1.54, 1.807) is 0 Å². The van der Waals surface area contributed by atoms with E-state index in [4.69, 9.17) is 10.8 Å². The summed E-state index contributed by atoms with van der Waals surface area (Å²) in [5.41, 5.74) is 1.15. The second-order valence-corrected chi connectivity index (χ2v) is 6.57. The summed E-state index contributed by atoms with van der Waals surface area (Å²) in [7, 11) is -1.32. The van der Waals surface area contributed by atoms with Crippen LogP contribution in [0.15, 0.2) is 55.6 Å². The summed E-state index contributed by atoms with van der Waals surface area (Å²) in [6, 6.07) is 12.0. The van der Waals surface area contributed by atoms with E-state index in [-0.39, 0.29) is 6.10 Å². The molecular weight excluding hydrogens is 236 g/mol. The van der Waals surface area contributed by atoms with Crippen molar-refractivity contribution in [2.24, 2.45) is 0 Å². The molecule has 0 radical (unpaired) electrons. The summed E-state index contributed by atoms with van der Waals surface area (Å²) in [5, 5.41) is 0. The quantitative estimate of drug-likeness (QED) is 0.390. The number of terminal acetylenes is 1. The Labute approximate surface area is 112 Å². The predicted molar refractivity (Wildman–Crippen MR) is 80.9 cm³/mol. The largest absolute Gasteiger partial charge is 0.412 e. The van der Waals surface area contributed by atoms with Gasteiger partial charge in [-0.25, -0.2) is 0 Å². The highest BCUT2D eigenvalue weighted by Gasteiger charge is 2.17. The zero-order chi connectivity index (χ0) is 13.2. The highest BCUT2D eigenvalue weighted by Crippen LogP contribution is 2.23. The maximum atomic E-state index is 6.21. The average molecular weight is 256 g/mol. The van der Waals surface area contributed by atoms with Crippen LogP contribution in [0, 0.1) is 12.3 Å². The SMILES string of the molecule is C#CCC(O[SiH](CC=C)CC=C)c1ccccc1. The molecular formula is C16H20OSi. The third-order valence-corrected chi connectivity index (χ3v) is 5.12. The minimum Gasteiger partial charge on any atom is -0.412 e. The minimum atomic E-state index is -1.32. The van der Waals surface area contributed by atoms with Gasteiger partial charge in [-0.3, -0.25) is 0 Å². The first-order valence-corrected chi connectivity index (χ1v) is 8.28. The number of hydrogen-bond acceptors (Lipinski definition) is 1. The zero-order valence-electron chi connectivity index (χ0n) is 10.7. The highest BCUT2D eigenvalue weighted by atomic mass is 28.3. The minimum absolute atomic E-state index is 0.00719. The van der Waals surface area contributed by atoms with Gasteiger partial charge in [0.15, 0.2) is 9.04 Å². The Morgan fingerprint density at radius 1 is 1.22 bits per heavy atom. The number of rotatable bonds is 8. The molecule has 0 N–H and O–H groups in total. The molecule has 0 saturated carbocycles. The first kappa shape index (κ1) is 14.5. The van der Waals surface area contributed by atoms with Gasteiger partial charge in [-0.2, -0.15) is 0 Å². The second kappa shape index (κ2) is 8.52. The lowest BCUT2D eigenvalue weighted by Gasteiger charge is -2.22. The average Bonchev–Trinajstić information content (AvgIpc) is 2.40. The van der Waals surface area contributed by atoms with Crippen molar-refractivity contribution in [1.82, 2.24) is 0 Å². The van der Waals surface area contributed by atoms with E-state index >= 15 is 0 Å². The molecule has 1 aromatic rings. The normalized spacial score (nSPS) is 11.8. The number of allylic oxidation sites excluding steroid dienone is 2. The Morgan fingerprint density at radius 3 is 2.33 bits per heavy atom. The Bertz CT molecular complexity index is 395. The second-order valence-electron chi connectivity index (χ2n) is 4.11. The van der Waals surface area contributed by atoms with E-state index in [9.17, 15) is 0 Å². The summed E-state index contributed by atoms with van der Waals surface area (Å²) in [6.45, 7) is 7.58. The molecule has 1 nitrogen and oxygen atoms in total. The smallest absolute Gasteiger partial charge is 0.185 e. The monoisotopic (exact) mass is 256 g/mol. The van der Waals surface area contributed by atoms with E-state index in [0.29, 0.717) is 6.42 Å². The van der Waals surface area contributed by atoms with Crippen molar-refractivity contribution in [3.8, 4) is 12.3 Å². The van der Waals surface area contributed by atoms with Gasteiger partial charge in [0.25, 0.3) is 0 Å². The molecule has 0 amide bonds. The van der Waals surface area contributed by atoms with E-state index in [1.807, 2.05) is 30.4 Å². The molecule has 0 aromatic heterocycles. The molecule has 1 aromatic carbocycles. The molecule has 0 aliphatic heterocycles. The van der Waals surface area contributed by atoms with Crippen LogP contribution >= 0.6 is 0 Å². The van der Waals surface area contributed by atoms with Crippen LogP contribution in [0.5, 0.6) is 0 Å². The summed E-state index contributed by atoms with van der Waals surface area (Å²) in [5.74, 6) is 2.70. The number of benzene rings is 1. The molecule has 0 aliphatic carbocycles. The molecule has 1 atom stereocenters. The van der Waals surface area contributed by atoms with Crippen LogP contribution in [-0.2, 0) is 4.43 Å². The van der Waals surface area contributed by atoms with Crippen LogP contribution in [0.4, 0.5) is 0 Å². The summed E-state index contributed by atoms with van der Waals surface area (Å²) >= 11 is 0. The van der Waals surface area contributed by atoms with E-state index in [2.05, 4.69) is 31.2 Å².